The average Bonchev–Trinajstić information content (AvgIpc) is 2.92. The van der Waals surface area contributed by atoms with Gasteiger partial charge in [0.1, 0.15) is 5.69 Å². The molecule has 0 aliphatic carbocycles. The molecule has 0 saturated carbocycles. The Morgan fingerprint density at radius 2 is 2.26 bits per heavy atom. The monoisotopic (exact) mass is 279 g/mol. The Morgan fingerprint density at radius 1 is 1.53 bits per heavy atom. The van der Waals surface area contributed by atoms with E-state index in [-0.39, 0.29) is 5.91 Å². The van der Waals surface area contributed by atoms with E-state index in [1.165, 1.54) is 0 Å². The molecule has 2 rings (SSSR count). The first-order valence-corrected chi connectivity index (χ1v) is 6.93. The predicted octanol–water partition coefficient (Wildman–Crippen LogP) is 1.49. The Kier molecular flexibility index (Phi) is 3.84. The van der Waals surface area contributed by atoms with Gasteiger partial charge in [0.25, 0.3) is 5.91 Å². The molecule has 0 atom stereocenters. The van der Waals surface area contributed by atoms with Crippen molar-refractivity contribution in [3.05, 3.63) is 27.5 Å². The lowest BCUT2D eigenvalue weighted by Gasteiger charge is -2.06. The van der Waals surface area contributed by atoms with Gasteiger partial charge in [0.15, 0.2) is 0 Å². The van der Waals surface area contributed by atoms with E-state index < -0.39 is 0 Å². The summed E-state index contributed by atoms with van der Waals surface area (Å²) in [6.07, 6.45) is 0. The summed E-state index contributed by atoms with van der Waals surface area (Å²) in [7, 11) is 0. The fourth-order valence-corrected chi connectivity index (χ4v) is 2.42. The van der Waals surface area contributed by atoms with Crippen LogP contribution in [0.1, 0.15) is 33.8 Å². The van der Waals surface area contributed by atoms with Gasteiger partial charge in [0.2, 0.25) is 0 Å². The van der Waals surface area contributed by atoms with Crippen molar-refractivity contribution in [1.82, 2.24) is 20.1 Å². The first-order valence-electron chi connectivity index (χ1n) is 6.05. The maximum absolute atomic E-state index is 12.2. The van der Waals surface area contributed by atoms with Gasteiger partial charge in [-0.25, -0.2) is 4.98 Å². The van der Waals surface area contributed by atoms with Gasteiger partial charge in [0.05, 0.1) is 28.6 Å². The van der Waals surface area contributed by atoms with Crippen molar-refractivity contribution in [2.75, 3.05) is 5.73 Å². The highest BCUT2D eigenvalue weighted by atomic mass is 32.1. The molecule has 19 heavy (non-hydrogen) atoms. The quantitative estimate of drug-likeness (QED) is 0.887. The van der Waals surface area contributed by atoms with Crippen LogP contribution in [0.25, 0.3) is 0 Å². The Balaban J connectivity index is 2.12. The van der Waals surface area contributed by atoms with Crippen LogP contribution in [0, 0.1) is 13.8 Å². The Morgan fingerprint density at radius 3 is 2.84 bits per heavy atom. The fraction of sp³-hybridized carbons (Fsp3) is 0.417. The number of nitrogens with zero attached hydrogens (tertiary/aromatic N) is 3. The smallest absolute Gasteiger partial charge is 0.272 e. The highest BCUT2D eigenvalue weighted by molar-refractivity contribution is 7.09. The van der Waals surface area contributed by atoms with Crippen LogP contribution in [-0.2, 0) is 13.1 Å². The summed E-state index contributed by atoms with van der Waals surface area (Å²) < 4.78 is 1.62. The molecule has 0 aromatic carbocycles. The molecule has 0 unspecified atom stereocenters. The van der Waals surface area contributed by atoms with Gasteiger partial charge in [-0.3, -0.25) is 9.48 Å². The second-order valence-corrected chi connectivity index (χ2v) is 5.27. The topological polar surface area (TPSA) is 85.8 Å². The molecule has 2 aromatic rings. The number of hydrogen-bond donors (Lipinski definition) is 2. The van der Waals surface area contributed by atoms with E-state index in [1.807, 2.05) is 19.2 Å². The van der Waals surface area contributed by atoms with Gasteiger partial charge in [-0.2, -0.15) is 5.10 Å². The zero-order chi connectivity index (χ0) is 14.0. The summed E-state index contributed by atoms with van der Waals surface area (Å²) in [5, 5.41) is 9.96. The predicted molar refractivity (Wildman–Crippen MR) is 75.1 cm³/mol. The number of hydrogen-bond acceptors (Lipinski definition) is 5. The van der Waals surface area contributed by atoms with Crippen LogP contribution in [0.2, 0.25) is 0 Å². The number of carbonyl (C=O) groups is 1. The molecule has 0 radical (unpaired) electrons. The van der Waals surface area contributed by atoms with Crippen molar-refractivity contribution in [3.63, 3.8) is 0 Å². The highest BCUT2D eigenvalue weighted by Crippen LogP contribution is 2.16. The van der Waals surface area contributed by atoms with E-state index >= 15 is 0 Å². The number of anilines is 1. The third kappa shape index (κ3) is 2.76. The number of rotatable bonds is 4. The van der Waals surface area contributed by atoms with Crippen LogP contribution >= 0.6 is 11.3 Å². The minimum absolute atomic E-state index is 0.217. The molecule has 0 spiro atoms. The second kappa shape index (κ2) is 5.40. The van der Waals surface area contributed by atoms with Crippen LogP contribution < -0.4 is 11.1 Å². The molecule has 0 fully saturated rings. The Labute approximate surface area is 115 Å². The van der Waals surface area contributed by atoms with E-state index in [9.17, 15) is 4.79 Å². The molecule has 102 valence electrons. The van der Waals surface area contributed by atoms with E-state index in [0.717, 1.165) is 10.7 Å². The van der Waals surface area contributed by atoms with Crippen molar-refractivity contribution in [2.45, 2.75) is 33.9 Å². The average molecular weight is 279 g/mol. The summed E-state index contributed by atoms with van der Waals surface area (Å²) in [4.78, 5) is 16.5. The van der Waals surface area contributed by atoms with Gasteiger partial charge in [-0.15, -0.1) is 11.3 Å². The number of nitrogen functional groups attached to an aromatic ring is 1. The molecule has 0 aliphatic rings. The van der Waals surface area contributed by atoms with Crippen molar-refractivity contribution in [2.24, 2.45) is 0 Å². The highest BCUT2D eigenvalue weighted by Gasteiger charge is 2.18. The van der Waals surface area contributed by atoms with Crippen molar-refractivity contribution in [3.8, 4) is 0 Å². The van der Waals surface area contributed by atoms with Crippen molar-refractivity contribution in [1.29, 1.82) is 0 Å². The zero-order valence-electron chi connectivity index (χ0n) is 11.2. The number of nitrogens with two attached hydrogens (primary N) is 1. The molecule has 2 heterocycles. The van der Waals surface area contributed by atoms with Crippen LogP contribution in [0.15, 0.2) is 5.38 Å². The number of aryl methyl sites for hydroxylation is 3. The van der Waals surface area contributed by atoms with Gasteiger partial charge in [-0.05, 0) is 20.8 Å². The number of amides is 1. The van der Waals surface area contributed by atoms with Crippen molar-refractivity contribution >= 4 is 22.9 Å². The lowest BCUT2D eigenvalue weighted by Crippen LogP contribution is -2.26. The molecule has 3 N–H and O–H groups in total. The molecule has 2 aromatic heterocycles. The van der Waals surface area contributed by atoms with Gasteiger partial charge in [-0.1, -0.05) is 0 Å². The molecule has 7 heteroatoms. The number of carbonyl (C=O) groups excluding carboxylic acids is 1. The van der Waals surface area contributed by atoms with Crippen LogP contribution in [0.5, 0.6) is 0 Å². The number of nitrogens with one attached hydrogen (secondary N) is 1. The van der Waals surface area contributed by atoms with Crippen molar-refractivity contribution < 1.29 is 4.79 Å². The van der Waals surface area contributed by atoms with Crippen LogP contribution in [0.3, 0.4) is 0 Å². The first-order chi connectivity index (χ1) is 9.02. The van der Waals surface area contributed by atoms with Gasteiger partial charge in [0, 0.05) is 11.9 Å². The Hall–Kier alpha value is -1.89. The lowest BCUT2D eigenvalue weighted by atomic mass is 10.3. The van der Waals surface area contributed by atoms with E-state index in [1.54, 1.807) is 22.9 Å². The minimum atomic E-state index is -0.217. The van der Waals surface area contributed by atoms with Crippen LogP contribution in [-0.4, -0.2) is 20.7 Å². The molecule has 1 amide bonds. The van der Waals surface area contributed by atoms with Crippen LogP contribution in [0.4, 0.5) is 5.69 Å². The van der Waals surface area contributed by atoms with Gasteiger partial charge < -0.3 is 11.1 Å². The number of thiazole rings is 1. The molecule has 0 aliphatic heterocycles. The summed E-state index contributed by atoms with van der Waals surface area (Å²) in [5.74, 6) is -0.217. The second-order valence-electron chi connectivity index (χ2n) is 4.20. The third-order valence-corrected chi connectivity index (χ3v) is 3.61. The van der Waals surface area contributed by atoms with E-state index in [0.29, 0.717) is 30.2 Å². The Bertz CT molecular complexity index is 601. The van der Waals surface area contributed by atoms with E-state index in [4.69, 9.17) is 5.73 Å². The maximum Gasteiger partial charge on any atom is 0.272 e. The molecule has 6 nitrogen and oxygen atoms in total. The zero-order valence-corrected chi connectivity index (χ0v) is 12.0. The fourth-order valence-electron chi connectivity index (χ4n) is 1.81. The SMILES string of the molecule is CCn1nc(C)c(N)c1C(=O)NCc1csc(C)n1. The first kappa shape index (κ1) is 13.5. The standard InChI is InChI=1S/C12H17N5OS/c1-4-17-11(10(13)7(2)16-17)12(18)14-5-9-6-19-8(3)15-9/h6H,4-5,13H2,1-3H3,(H,14,18). The molecular weight excluding hydrogens is 262 g/mol. The third-order valence-electron chi connectivity index (χ3n) is 2.78. The molecule has 0 bridgehead atoms. The normalized spacial score (nSPS) is 10.7. The van der Waals surface area contributed by atoms with E-state index in [2.05, 4.69) is 15.4 Å². The summed E-state index contributed by atoms with van der Waals surface area (Å²) >= 11 is 1.56. The molecule has 0 saturated heterocycles. The summed E-state index contributed by atoms with van der Waals surface area (Å²) in [6.45, 7) is 6.66. The maximum atomic E-state index is 12.2. The molecular formula is C12H17N5OS. The largest absolute Gasteiger partial charge is 0.395 e. The number of aromatic nitrogens is 3. The van der Waals surface area contributed by atoms with Gasteiger partial charge >= 0.3 is 0 Å². The lowest BCUT2D eigenvalue weighted by molar-refractivity contribution is 0.0940. The minimum Gasteiger partial charge on any atom is -0.395 e. The summed E-state index contributed by atoms with van der Waals surface area (Å²) in [6, 6.07) is 0. The summed E-state index contributed by atoms with van der Waals surface area (Å²) in [5.41, 5.74) is 8.29.